The van der Waals surface area contributed by atoms with E-state index in [1.807, 2.05) is 81.4 Å². The lowest BCUT2D eigenvalue weighted by atomic mass is 9.89. The van der Waals surface area contributed by atoms with Crippen molar-refractivity contribution in [3.05, 3.63) is 174 Å². The van der Waals surface area contributed by atoms with Crippen molar-refractivity contribution in [3.8, 4) is 22.9 Å². The van der Waals surface area contributed by atoms with Gasteiger partial charge in [0, 0.05) is 49.2 Å². The highest BCUT2D eigenvalue weighted by atomic mass is 31.2. The fourth-order valence-electron chi connectivity index (χ4n) is 7.97. The number of para-hydroxylation sites is 2. The van der Waals surface area contributed by atoms with Gasteiger partial charge in [-0.05, 0) is 90.3 Å². The maximum atomic E-state index is 15.0. The molecule has 16 nitrogen and oxygen atoms in total. The zero-order valence-electron chi connectivity index (χ0n) is 37.7. The summed E-state index contributed by atoms with van der Waals surface area (Å²) in [6.07, 6.45) is 2.95. The second-order valence-corrected chi connectivity index (χ2v) is 19.0. The average molecular weight is 949 g/mol. The van der Waals surface area contributed by atoms with Gasteiger partial charge in [0.25, 0.3) is 0 Å². The predicted molar refractivity (Wildman–Crippen MR) is 249 cm³/mol. The molecule has 0 radical (unpaired) electrons. The third-order valence-electron chi connectivity index (χ3n) is 11.7. The Hall–Kier alpha value is -6.85. The standard InChI is InChI=1S/C49H51F2N8O8P/c1-48(2,3)46(67-68(61,65-41-10-6-4-7-11-41)66-42-12-8-5-9-13-42)29-59-47(60)58(35-54-59)39-17-15-37(16-18-39)55-24-26-56(27-25-55)38-19-21-40(22-20-38)62-30-43-31-63-49(64-43,32-57-34-52-33-53-57)44-23-14-36(50)28-45(44)51/h4-23,28,33-35,43,46H,24-27,29-32H2,1-3H3. The third kappa shape index (κ3) is 10.8. The van der Waals surface area contributed by atoms with Gasteiger partial charge in [0.15, 0.2) is 0 Å². The van der Waals surface area contributed by atoms with Gasteiger partial charge in [0.1, 0.15) is 67.1 Å². The minimum atomic E-state index is -4.28. The Balaban J connectivity index is 0.787. The first kappa shape index (κ1) is 46.3. The summed E-state index contributed by atoms with van der Waals surface area (Å²) in [5.74, 6) is -1.77. The number of phosphoric ester groups is 1. The highest BCUT2D eigenvalue weighted by molar-refractivity contribution is 7.49. The van der Waals surface area contributed by atoms with Gasteiger partial charge >= 0.3 is 13.5 Å². The van der Waals surface area contributed by atoms with Gasteiger partial charge in [-0.15, -0.1) is 0 Å². The van der Waals surface area contributed by atoms with E-state index in [1.54, 1.807) is 48.5 Å². The van der Waals surface area contributed by atoms with Crippen molar-refractivity contribution in [2.75, 3.05) is 49.2 Å². The van der Waals surface area contributed by atoms with E-state index in [2.05, 4.69) is 25.0 Å². The number of piperazine rings is 1. The monoisotopic (exact) mass is 948 g/mol. The average Bonchev–Trinajstić information content (AvgIpc) is 4.10. The minimum absolute atomic E-state index is 0.0103. The zero-order chi connectivity index (χ0) is 47.3. The quantitative estimate of drug-likeness (QED) is 0.0807. The summed E-state index contributed by atoms with van der Waals surface area (Å²) in [4.78, 5) is 22.4. The molecular weight excluding hydrogens is 898 g/mol. The normalized spacial score (nSPS) is 18.1. The first-order valence-electron chi connectivity index (χ1n) is 22.2. The Kier molecular flexibility index (Phi) is 13.5. The molecule has 0 aliphatic carbocycles. The molecular formula is C49H51F2N8O8P. The van der Waals surface area contributed by atoms with Crippen LogP contribution in [-0.2, 0) is 37.4 Å². The van der Waals surface area contributed by atoms with E-state index in [4.69, 9.17) is 27.8 Å². The summed E-state index contributed by atoms with van der Waals surface area (Å²) in [5, 5.41) is 8.53. The molecule has 354 valence electrons. The highest BCUT2D eigenvalue weighted by Crippen LogP contribution is 2.52. The lowest BCUT2D eigenvalue weighted by molar-refractivity contribution is -0.192. The van der Waals surface area contributed by atoms with Gasteiger partial charge in [0.2, 0.25) is 5.79 Å². The second-order valence-electron chi connectivity index (χ2n) is 17.5. The molecule has 0 N–H and O–H groups in total. The van der Waals surface area contributed by atoms with Crippen LogP contribution in [0.1, 0.15) is 26.3 Å². The Morgan fingerprint density at radius 1 is 0.765 bits per heavy atom. The van der Waals surface area contributed by atoms with Crippen molar-refractivity contribution in [3.63, 3.8) is 0 Å². The predicted octanol–water partition coefficient (Wildman–Crippen LogP) is 8.28. The van der Waals surface area contributed by atoms with E-state index < -0.39 is 42.9 Å². The Morgan fingerprint density at radius 3 is 1.94 bits per heavy atom. The number of aromatic nitrogens is 6. The topological polar surface area (TPSA) is 149 Å². The van der Waals surface area contributed by atoms with Crippen LogP contribution in [0.15, 0.2) is 151 Å². The third-order valence-corrected chi connectivity index (χ3v) is 13.0. The van der Waals surface area contributed by atoms with E-state index >= 15 is 0 Å². The number of benzene rings is 5. The molecule has 2 aromatic heterocycles. The molecule has 0 saturated carbocycles. The molecule has 19 heteroatoms. The minimum Gasteiger partial charge on any atom is -0.491 e. The van der Waals surface area contributed by atoms with Gasteiger partial charge in [-0.1, -0.05) is 57.2 Å². The molecule has 2 aliphatic heterocycles. The molecule has 3 atom stereocenters. The smallest absolute Gasteiger partial charge is 0.491 e. The number of anilines is 2. The van der Waals surface area contributed by atoms with Crippen LogP contribution in [0.3, 0.4) is 0 Å². The van der Waals surface area contributed by atoms with E-state index in [0.29, 0.717) is 22.9 Å². The lowest BCUT2D eigenvalue weighted by Gasteiger charge is -2.37. The number of phosphoric acid groups is 1. The lowest BCUT2D eigenvalue weighted by Crippen LogP contribution is -2.46. The van der Waals surface area contributed by atoms with Crippen LogP contribution in [0, 0.1) is 17.0 Å². The van der Waals surface area contributed by atoms with Gasteiger partial charge in [-0.25, -0.2) is 37.1 Å². The Morgan fingerprint density at radius 2 is 1.37 bits per heavy atom. The molecule has 7 aromatic rings. The number of hydrogen-bond acceptors (Lipinski definition) is 13. The van der Waals surface area contributed by atoms with Gasteiger partial charge in [0.05, 0.1) is 24.9 Å². The molecule has 0 amide bonds. The molecule has 4 heterocycles. The highest BCUT2D eigenvalue weighted by Gasteiger charge is 2.46. The molecule has 2 saturated heterocycles. The summed E-state index contributed by atoms with van der Waals surface area (Å²) < 4.78 is 83.7. The molecule has 0 bridgehead atoms. The van der Waals surface area contributed by atoms with Gasteiger partial charge < -0.3 is 33.1 Å². The molecule has 2 fully saturated rings. The maximum Gasteiger partial charge on any atom is 0.587 e. The SMILES string of the molecule is CC(C)(C)C(Cn1ncn(-c2ccc(N3CCN(c4ccc(OCC5COC(Cn6cncn6)(c6ccc(F)cc6F)O5)cc4)CC3)cc2)c1=O)OP(=O)(Oc1ccccc1)Oc1ccccc1. The van der Waals surface area contributed by atoms with E-state index in [-0.39, 0.29) is 37.6 Å². The van der Waals surface area contributed by atoms with E-state index in [9.17, 15) is 18.1 Å². The van der Waals surface area contributed by atoms with Crippen LogP contribution in [0.25, 0.3) is 5.69 Å². The molecule has 5 aromatic carbocycles. The molecule has 2 aliphatic rings. The second kappa shape index (κ2) is 19.8. The zero-order valence-corrected chi connectivity index (χ0v) is 38.6. The largest absolute Gasteiger partial charge is 0.587 e. The van der Waals surface area contributed by atoms with Crippen LogP contribution in [-0.4, -0.2) is 80.7 Å². The van der Waals surface area contributed by atoms with Crippen LogP contribution in [0.4, 0.5) is 20.2 Å². The number of halogens is 2. The van der Waals surface area contributed by atoms with Gasteiger partial charge in [-0.2, -0.15) is 10.2 Å². The van der Waals surface area contributed by atoms with Crippen molar-refractivity contribution >= 4 is 19.2 Å². The molecule has 0 spiro atoms. The molecule has 3 unspecified atom stereocenters. The van der Waals surface area contributed by atoms with Crippen molar-refractivity contribution in [1.29, 1.82) is 0 Å². The maximum absolute atomic E-state index is 15.0. The fraction of sp³-hybridized carbons (Fsp3) is 0.306. The van der Waals surface area contributed by atoms with Crippen LogP contribution in [0.5, 0.6) is 17.2 Å². The van der Waals surface area contributed by atoms with Crippen molar-refractivity contribution in [2.24, 2.45) is 5.41 Å². The summed E-state index contributed by atoms with van der Waals surface area (Å²) in [5.41, 5.74) is 1.78. The van der Waals surface area contributed by atoms with E-state index in [1.165, 1.54) is 39.0 Å². The number of ether oxygens (including phenoxy) is 3. The van der Waals surface area contributed by atoms with Crippen LogP contribution < -0.4 is 29.3 Å². The number of rotatable bonds is 17. The van der Waals surface area contributed by atoms with Crippen LogP contribution >= 0.6 is 7.82 Å². The first-order chi connectivity index (χ1) is 32.8. The molecule has 9 rings (SSSR count). The number of nitrogens with zero attached hydrogens (tertiary/aromatic N) is 8. The Labute approximate surface area is 391 Å². The summed E-state index contributed by atoms with van der Waals surface area (Å²) in [6, 6.07) is 36.2. The van der Waals surface area contributed by atoms with Crippen molar-refractivity contribution < 1.29 is 41.1 Å². The summed E-state index contributed by atoms with van der Waals surface area (Å²) >= 11 is 0. The summed E-state index contributed by atoms with van der Waals surface area (Å²) in [7, 11) is -4.28. The fourth-order valence-corrected chi connectivity index (χ4v) is 9.55. The number of hydrogen-bond donors (Lipinski definition) is 0. The summed E-state index contributed by atoms with van der Waals surface area (Å²) in [6.45, 7) is 9.14. The molecule has 68 heavy (non-hydrogen) atoms. The van der Waals surface area contributed by atoms with Crippen LogP contribution in [0.2, 0.25) is 0 Å². The first-order valence-corrected chi connectivity index (χ1v) is 23.6. The van der Waals surface area contributed by atoms with Crippen molar-refractivity contribution in [2.45, 2.75) is 51.9 Å². The van der Waals surface area contributed by atoms with Crippen molar-refractivity contribution in [1.82, 2.24) is 29.1 Å². The Bertz CT molecular complexity index is 2810. The van der Waals surface area contributed by atoms with E-state index in [0.717, 1.165) is 49.7 Å². The van der Waals surface area contributed by atoms with Gasteiger partial charge in [-0.3, -0.25) is 4.52 Å².